The van der Waals surface area contributed by atoms with Crippen LogP contribution in [-0.4, -0.2) is 51.1 Å². The number of aromatic nitrogens is 1. The summed E-state index contributed by atoms with van der Waals surface area (Å²) in [4.78, 5) is 18.5. The normalized spacial score (nSPS) is 22.1. The quantitative estimate of drug-likeness (QED) is 0.794. The molecule has 0 aliphatic carbocycles. The molecule has 2 heterocycles. The van der Waals surface area contributed by atoms with E-state index in [2.05, 4.69) is 30.7 Å². The fourth-order valence-corrected chi connectivity index (χ4v) is 3.25. The van der Waals surface area contributed by atoms with Gasteiger partial charge in [-0.1, -0.05) is 18.8 Å². The lowest BCUT2D eigenvalue weighted by molar-refractivity contribution is 0.0697. The number of aliphatic hydroxyl groups excluding tert-OH is 1. The first-order valence-corrected chi connectivity index (χ1v) is 7.65. The molecule has 2 atom stereocenters. The standard InChI is InChI=1S/C15H18N2O2S/c1-11-12(2)20-7-5-17(11)15(19)14-8-13(4-3-6-18)9-16-10-14/h8-12,18H,5-7H2,1-2H3. The highest BCUT2D eigenvalue weighted by Gasteiger charge is 2.29. The Kier molecular flexibility index (Phi) is 5.05. The maximum absolute atomic E-state index is 12.6. The fraction of sp³-hybridized carbons (Fsp3) is 0.467. The summed E-state index contributed by atoms with van der Waals surface area (Å²) in [5.41, 5.74) is 1.21. The summed E-state index contributed by atoms with van der Waals surface area (Å²) >= 11 is 1.90. The predicted molar refractivity (Wildman–Crippen MR) is 80.6 cm³/mol. The molecule has 1 saturated heterocycles. The van der Waals surface area contributed by atoms with E-state index >= 15 is 0 Å². The second kappa shape index (κ2) is 6.78. The number of hydrogen-bond acceptors (Lipinski definition) is 4. The van der Waals surface area contributed by atoms with Crippen molar-refractivity contribution in [2.75, 3.05) is 18.9 Å². The summed E-state index contributed by atoms with van der Waals surface area (Å²) < 4.78 is 0. The van der Waals surface area contributed by atoms with Crippen molar-refractivity contribution in [3.05, 3.63) is 29.6 Å². The minimum Gasteiger partial charge on any atom is -0.384 e. The van der Waals surface area contributed by atoms with Gasteiger partial charge in [0.15, 0.2) is 0 Å². The summed E-state index contributed by atoms with van der Waals surface area (Å²) in [6.07, 6.45) is 3.17. The van der Waals surface area contributed by atoms with E-state index in [1.165, 1.54) is 0 Å². The van der Waals surface area contributed by atoms with Gasteiger partial charge in [-0.25, -0.2) is 0 Å². The second-order valence-electron chi connectivity index (χ2n) is 4.74. The van der Waals surface area contributed by atoms with Crippen LogP contribution in [0.3, 0.4) is 0 Å². The van der Waals surface area contributed by atoms with Gasteiger partial charge in [-0.15, -0.1) is 0 Å². The number of aliphatic hydroxyl groups is 1. The molecule has 20 heavy (non-hydrogen) atoms. The molecule has 0 spiro atoms. The Morgan fingerprint density at radius 3 is 3.10 bits per heavy atom. The highest BCUT2D eigenvalue weighted by molar-refractivity contribution is 8.00. The topological polar surface area (TPSA) is 53.4 Å². The predicted octanol–water partition coefficient (Wildman–Crippen LogP) is 1.39. The monoisotopic (exact) mass is 290 g/mol. The maximum atomic E-state index is 12.6. The molecule has 106 valence electrons. The maximum Gasteiger partial charge on any atom is 0.255 e. The van der Waals surface area contributed by atoms with E-state index in [-0.39, 0.29) is 18.6 Å². The molecular formula is C15H18N2O2S. The van der Waals surface area contributed by atoms with Crippen molar-refractivity contribution < 1.29 is 9.90 Å². The summed E-state index contributed by atoms with van der Waals surface area (Å²) in [6.45, 7) is 4.80. The van der Waals surface area contributed by atoms with Gasteiger partial charge in [0.05, 0.1) is 5.56 Å². The van der Waals surface area contributed by atoms with E-state index in [9.17, 15) is 4.79 Å². The zero-order valence-corrected chi connectivity index (χ0v) is 12.5. The molecule has 0 aromatic carbocycles. The van der Waals surface area contributed by atoms with Gasteiger partial charge >= 0.3 is 0 Å². The van der Waals surface area contributed by atoms with Crippen LogP contribution in [-0.2, 0) is 0 Å². The molecule has 1 aliphatic heterocycles. The number of carbonyl (C=O) groups excluding carboxylic acids is 1. The molecule has 1 aromatic rings. The van der Waals surface area contributed by atoms with Crippen LogP contribution >= 0.6 is 11.8 Å². The van der Waals surface area contributed by atoms with Gasteiger partial charge in [-0.2, -0.15) is 11.8 Å². The second-order valence-corrected chi connectivity index (χ2v) is 6.22. The van der Waals surface area contributed by atoms with E-state index in [1.54, 1.807) is 18.5 Å². The largest absolute Gasteiger partial charge is 0.384 e. The molecule has 1 fully saturated rings. The van der Waals surface area contributed by atoms with Gasteiger partial charge in [0.2, 0.25) is 0 Å². The molecular weight excluding hydrogens is 272 g/mol. The smallest absolute Gasteiger partial charge is 0.255 e. The van der Waals surface area contributed by atoms with Crippen LogP contribution in [0.15, 0.2) is 18.5 Å². The summed E-state index contributed by atoms with van der Waals surface area (Å²) in [5, 5.41) is 9.14. The van der Waals surface area contributed by atoms with Gasteiger partial charge in [-0.05, 0) is 13.0 Å². The number of pyridine rings is 1. The van der Waals surface area contributed by atoms with Crippen LogP contribution in [0.5, 0.6) is 0 Å². The summed E-state index contributed by atoms with van der Waals surface area (Å²) in [7, 11) is 0. The Morgan fingerprint density at radius 2 is 2.35 bits per heavy atom. The van der Waals surface area contributed by atoms with E-state index < -0.39 is 0 Å². The molecule has 4 nitrogen and oxygen atoms in total. The van der Waals surface area contributed by atoms with Crippen molar-refractivity contribution in [1.82, 2.24) is 9.88 Å². The van der Waals surface area contributed by atoms with Crippen LogP contribution in [0.2, 0.25) is 0 Å². The molecule has 1 amide bonds. The first-order valence-electron chi connectivity index (χ1n) is 6.61. The first kappa shape index (κ1) is 14.9. The average molecular weight is 290 g/mol. The van der Waals surface area contributed by atoms with Crippen LogP contribution in [0.1, 0.15) is 29.8 Å². The third kappa shape index (κ3) is 3.33. The van der Waals surface area contributed by atoms with E-state index in [0.717, 1.165) is 12.3 Å². The minimum absolute atomic E-state index is 0.00444. The first-order chi connectivity index (χ1) is 9.63. The zero-order valence-electron chi connectivity index (χ0n) is 11.7. The Bertz CT molecular complexity index is 550. The van der Waals surface area contributed by atoms with Gasteiger partial charge in [0, 0.05) is 41.5 Å². The Morgan fingerprint density at radius 1 is 1.55 bits per heavy atom. The van der Waals surface area contributed by atoms with Crippen molar-refractivity contribution in [3.63, 3.8) is 0 Å². The van der Waals surface area contributed by atoms with E-state index in [4.69, 9.17) is 5.11 Å². The van der Waals surface area contributed by atoms with Gasteiger partial charge in [0.25, 0.3) is 5.91 Å². The molecule has 1 aliphatic rings. The molecule has 2 rings (SSSR count). The highest BCUT2D eigenvalue weighted by Crippen LogP contribution is 2.25. The fourth-order valence-electron chi connectivity index (χ4n) is 2.15. The van der Waals surface area contributed by atoms with Crippen molar-refractivity contribution in [2.24, 2.45) is 0 Å². The third-order valence-corrected chi connectivity index (χ3v) is 4.78. The lowest BCUT2D eigenvalue weighted by Crippen LogP contribution is -2.48. The van der Waals surface area contributed by atoms with Gasteiger partial charge in [0.1, 0.15) is 6.61 Å². The average Bonchev–Trinajstić information content (AvgIpc) is 2.47. The lowest BCUT2D eigenvalue weighted by Gasteiger charge is -2.37. The van der Waals surface area contributed by atoms with Gasteiger partial charge in [-0.3, -0.25) is 9.78 Å². The highest BCUT2D eigenvalue weighted by atomic mass is 32.2. The summed E-state index contributed by atoms with van der Waals surface area (Å²) in [6, 6.07) is 1.95. The van der Waals surface area contributed by atoms with Crippen LogP contribution < -0.4 is 0 Å². The Labute approximate surface area is 123 Å². The number of nitrogens with zero attached hydrogens (tertiary/aromatic N) is 2. The molecule has 1 aromatic heterocycles. The molecule has 1 N–H and O–H groups in total. The molecule has 0 saturated carbocycles. The number of hydrogen-bond donors (Lipinski definition) is 1. The van der Waals surface area contributed by atoms with Crippen molar-refractivity contribution >= 4 is 17.7 Å². The minimum atomic E-state index is -0.198. The van der Waals surface area contributed by atoms with E-state index in [0.29, 0.717) is 16.4 Å². The van der Waals surface area contributed by atoms with Crippen LogP contribution in [0.25, 0.3) is 0 Å². The molecule has 0 bridgehead atoms. The Hall–Kier alpha value is -1.51. The molecule has 5 heteroatoms. The number of amides is 1. The zero-order chi connectivity index (χ0) is 14.5. The van der Waals surface area contributed by atoms with Crippen LogP contribution in [0.4, 0.5) is 0 Å². The van der Waals surface area contributed by atoms with Crippen LogP contribution in [0, 0.1) is 11.8 Å². The molecule has 2 unspecified atom stereocenters. The Balaban J connectivity index is 2.20. The number of carbonyl (C=O) groups is 1. The SMILES string of the molecule is CC1SCCN(C(=O)c2cncc(C#CCO)c2)C1C. The third-order valence-electron chi connectivity index (χ3n) is 3.44. The summed E-state index contributed by atoms with van der Waals surface area (Å²) in [5.74, 6) is 6.31. The lowest BCUT2D eigenvalue weighted by atomic mass is 10.1. The molecule has 0 radical (unpaired) electrons. The number of rotatable bonds is 1. The number of thioether (sulfide) groups is 1. The van der Waals surface area contributed by atoms with Crippen molar-refractivity contribution in [1.29, 1.82) is 0 Å². The van der Waals surface area contributed by atoms with Crippen molar-refractivity contribution in [2.45, 2.75) is 25.1 Å². The van der Waals surface area contributed by atoms with Gasteiger partial charge < -0.3 is 10.0 Å². The van der Waals surface area contributed by atoms with Crippen molar-refractivity contribution in [3.8, 4) is 11.8 Å². The van der Waals surface area contributed by atoms with E-state index in [1.807, 2.05) is 16.7 Å².